The Morgan fingerprint density at radius 3 is 2.24 bits per heavy atom. The van der Waals surface area contributed by atoms with Crippen LogP contribution in [0.4, 0.5) is 0 Å². The van der Waals surface area contributed by atoms with Crippen LogP contribution in [0.1, 0.15) is 15.9 Å². The van der Waals surface area contributed by atoms with Gasteiger partial charge in [-0.05, 0) is 35.9 Å². The Labute approximate surface area is 145 Å². The summed E-state index contributed by atoms with van der Waals surface area (Å²) in [7, 11) is 4.29. The van der Waals surface area contributed by atoms with Crippen molar-refractivity contribution in [3.05, 3.63) is 53.1 Å². The lowest BCUT2D eigenvalue weighted by molar-refractivity contribution is 0.103. The van der Waals surface area contributed by atoms with Crippen molar-refractivity contribution in [1.29, 1.82) is 5.26 Å². The SMILES string of the molecule is COc1cccc(C(=O)/C(C#N)=C/c2cc(OC)c(O)c(OC)c2)c1. The maximum atomic E-state index is 12.6. The zero-order valence-electron chi connectivity index (χ0n) is 14.1. The highest BCUT2D eigenvalue weighted by Crippen LogP contribution is 2.37. The Morgan fingerprint density at radius 1 is 1.08 bits per heavy atom. The second-order valence-corrected chi connectivity index (χ2v) is 5.00. The molecule has 0 amide bonds. The average molecular weight is 339 g/mol. The number of hydrogen-bond acceptors (Lipinski definition) is 6. The molecule has 6 heteroatoms. The van der Waals surface area contributed by atoms with Crippen molar-refractivity contribution < 1.29 is 24.1 Å². The molecule has 0 fully saturated rings. The Bertz CT molecular complexity index is 839. The van der Waals surface area contributed by atoms with Crippen molar-refractivity contribution in [3.8, 4) is 29.1 Å². The van der Waals surface area contributed by atoms with Gasteiger partial charge in [-0.2, -0.15) is 5.26 Å². The van der Waals surface area contributed by atoms with Gasteiger partial charge in [-0.25, -0.2) is 0 Å². The number of allylic oxidation sites excluding steroid dienone is 1. The summed E-state index contributed by atoms with van der Waals surface area (Å²) in [5, 5.41) is 19.3. The van der Waals surface area contributed by atoms with Gasteiger partial charge in [0.1, 0.15) is 17.4 Å². The van der Waals surface area contributed by atoms with Crippen LogP contribution in [0.15, 0.2) is 42.0 Å². The van der Waals surface area contributed by atoms with Gasteiger partial charge >= 0.3 is 0 Å². The van der Waals surface area contributed by atoms with Crippen molar-refractivity contribution in [2.75, 3.05) is 21.3 Å². The molecule has 0 radical (unpaired) electrons. The third-order valence-corrected chi connectivity index (χ3v) is 3.51. The molecule has 2 aromatic rings. The first-order chi connectivity index (χ1) is 12.0. The van der Waals surface area contributed by atoms with Crippen LogP contribution in [0.25, 0.3) is 6.08 Å². The van der Waals surface area contributed by atoms with E-state index in [4.69, 9.17) is 14.2 Å². The maximum Gasteiger partial charge on any atom is 0.203 e. The quantitative estimate of drug-likeness (QED) is 0.494. The van der Waals surface area contributed by atoms with Crippen LogP contribution in [0.2, 0.25) is 0 Å². The number of carbonyl (C=O) groups is 1. The number of aromatic hydroxyl groups is 1. The van der Waals surface area contributed by atoms with Crippen LogP contribution < -0.4 is 14.2 Å². The zero-order valence-corrected chi connectivity index (χ0v) is 14.1. The molecule has 0 aliphatic carbocycles. The zero-order chi connectivity index (χ0) is 18.4. The van der Waals surface area contributed by atoms with Gasteiger partial charge in [-0.3, -0.25) is 4.79 Å². The van der Waals surface area contributed by atoms with Crippen LogP contribution in [-0.2, 0) is 0 Å². The average Bonchev–Trinajstić information content (AvgIpc) is 2.66. The number of hydrogen-bond donors (Lipinski definition) is 1. The van der Waals surface area contributed by atoms with Crippen molar-refractivity contribution in [2.45, 2.75) is 0 Å². The van der Waals surface area contributed by atoms with E-state index in [9.17, 15) is 15.2 Å². The topological polar surface area (TPSA) is 88.8 Å². The lowest BCUT2D eigenvalue weighted by Crippen LogP contribution is -2.02. The standard InChI is InChI=1S/C19H17NO5/c1-23-15-6-4-5-13(10-15)18(21)14(11-20)7-12-8-16(24-2)19(22)17(9-12)25-3/h4-10,22H,1-3H3/b14-7+. The van der Waals surface area contributed by atoms with Gasteiger partial charge in [0.05, 0.1) is 21.3 Å². The summed E-state index contributed by atoms with van der Waals surface area (Å²) in [6, 6.07) is 11.5. The van der Waals surface area contributed by atoms with Crippen molar-refractivity contribution in [2.24, 2.45) is 0 Å². The lowest BCUT2D eigenvalue weighted by Gasteiger charge is -2.10. The summed E-state index contributed by atoms with van der Waals surface area (Å²) >= 11 is 0. The Balaban J connectivity index is 2.46. The van der Waals surface area contributed by atoms with Crippen LogP contribution in [-0.4, -0.2) is 32.2 Å². The monoisotopic (exact) mass is 339 g/mol. The first-order valence-corrected chi connectivity index (χ1v) is 7.29. The van der Waals surface area contributed by atoms with Gasteiger partial charge in [0, 0.05) is 5.56 Å². The van der Waals surface area contributed by atoms with Crippen LogP contribution in [0.3, 0.4) is 0 Å². The highest BCUT2D eigenvalue weighted by molar-refractivity contribution is 6.14. The molecule has 1 N–H and O–H groups in total. The lowest BCUT2D eigenvalue weighted by atomic mass is 10.0. The minimum absolute atomic E-state index is 0.0666. The summed E-state index contributed by atoms with van der Waals surface area (Å²) in [6.07, 6.45) is 1.41. The van der Waals surface area contributed by atoms with E-state index >= 15 is 0 Å². The molecule has 0 heterocycles. The number of benzene rings is 2. The molecule has 128 valence electrons. The third kappa shape index (κ3) is 3.90. The molecule has 0 aliphatic rings. The minimum Gasteiger partial charge on any atom is -0.502 e. The number of phenols is 1. The molecule has 2 rings (SSSR count). The second kappa shape index (κ2) is 7.88. The fraction of sp³-hybridized carbons (Fsp3) is 0.158. The second-order valence-electron chi connectivity index (χ2n) is 5.00. The minimum atomic E-state index is -0.438. The number of nitriles is 1. The molecule has 0 atom stereocenters. The Kier molecular flexibility index (Phi) is 5.64. The largest absolute Gasteiger partial charge is 0.502 e. The predicted octanol–water partition coefficient (Wildman–Crippen LogP) is 3.21. The number of methoxy groups -OCH3 is 3. The van der Waals surface area contributed by atoms with E-state index < -0.39 is 5.78 Å². The smallest absolute Gasteiger partial charge is 0.203 e. The number of carbonyl (C=O) groups excluding carboxylic acids is 1. The van der Waals surface area contributed by atoms with E-state index in [1.807, 2.05) is 6.07 Å². The number of Topliss-reactive ketones (excluding diaryl/α,β-unsaturated/α-hetero) is 1. The number of phenolic OH excluding ortho intramolecular Hbond substituents is 1. The normalized spacial score (nSPS) is 10.7. The number of ketones is 1. The Hall–Kier alpha value is -3.46. The number of rotatable bonds is 6. The van der Waals surface area contributed by atoms with Gasteiger partial charge in [0.2, 0.25) is 11.5 Å². The van der Waals surface area contributed by atoms with Crippen LogP contribution >= 0.6 is 0 Å². The van der Waals surface area contributed by atoms with E-state index in [1.54, 1.807) is 24.3 Å². The molecular formula is C19H17NO5. The summed E-state index contributed by atoms with van der Waals surface area (Å²) in [4.78, 5) is 12.6. The summed E-state index contributed by atoms with van der Waals surface area (Å²) < 4.78 is 15.2. The molecule has 0 saturated heterocycles. The fourth-order valence-corrected chi connectivity index (χ4v) is 2.23. The molecule has 25 heavy (non-hydrogen) atoms. The highest BCUT2D eigenvalue weighted by Gasteiger charge is 2.15. The fourth-order valence-electron chi connectivity index (χ4n) is 2.23. The molecule has 2 aromatic carbocycles. The summed E-state index contributed by atoms with van der Waals surface area (Å²) in [5.41, 5.74) is 0.757. The van der Waals surface area contributed by atoms with E-state index in [1.165, 1.54) is 39.5 Å². The number of nitrogens with zero attached hydrogens (tertiary/aromatic N) is 1. The molecule has 0 spiro atoms. The van der Waals surface area contributed by atoms with Crippen LogP contribution in [0.5, 0.6) is 23.0 Å². The van der Waals surface area contributed by atoms with E-state index in [2.05, 4.69) is 0 Å². The van der Waals surface area contributed by atoms with Gasteiger partial charge in [-0.15, -0.1) is 0 Å². The molecule has 0 bridgehead atoms. The van der Waals surface area contributed by atoms with E-state index in [-0.39, 0.29) is 22.8 Å². The van der Waals surface area contributed by atoms with Crippen LogP contribution in [0, 0.1) is 11.3 Å². The van der Waals surface area contributed by atoms with Crippen molar-refractivity contribution in [3.63, 3.8) is 0 Å². The molecule has 0 aliphatic heterocycles. The van der Waals surface area contributed by atoms with Gasteiger partial charge in [-0.1, -0.05) is 12.1 Å². The third-order valence-electron chi connectivity index (χ3n) is 3.51. The van der Waals surface area contributed by atoms with Gasteiger partial charge < -0.3 is 19.3 Å². The molecule has 0 unspecified atom stereocenters. The molecule has 0 aromatic heterocycles. The van der Waals surface area contributed by atoms with E-state index in [0.717, 1.165) is 0 Å². The first kappa shape index (κ1) is 17.9. The molecule has 6 nitrogen and oxygen atoms in total. The molecule has 0 saturated carbocycles. The summed E-state index contributed by atoms with van der Waals surface area (Å²) in [6.45, 7) is 0. The first-order valence-electron chi connectivity index (χ1n) is 7.29. The van der Waals surface area contributed by atoms with Gasteiger partial charge in [0.25, 0.3) is 0 Å². The summed E-state index contributed by atoms with van der Waals surface area (Å²) in [5.74, 6) is 0.289. The Morgan fingerprint density at radius 2 is 1.72 bits per heavy atom. The van der Waals surface area contributed by atoms with E-state index in [0.29, 0.717) is 16.9 Å². The van der Waals surface area contributed by atoms with Crippen molar-refractivity contribution in [1.82, 2.24) is 0 Å². The van der Waals surface area contributed by atoms with Gasteiger partial charge in [0.15, 0.2) is 11.5 Å². The number of ether oxygens (including phenoxy) is 3. The molecular weight excluding hydrogens is 322 g/mol. The maximum absolute atomic E-state index is 12.6. The predicted molar refractivity (Wildman–Crippen MR) is 92.1 cm³/mol. The van der Waals surface area contributed by atoms with Crippen molar-refractivity contribution >= 4 is 11.9 Å². The highest BCUT2D eigenvalue weighted by atomic mass is 16.5.